The lowest BCUT2D eigenvalue weighted by Crippen LogP contribution is -2.30. The fourth-order valence-electron chi connectivity index (χ4n) is 1.78. The summed E-state index contributed by atoms with van der Waals surface area (Å²) in [6, 6.07) is 0. The smallest absolute Gasteiger partial charge is 0.136 e. The van der Waals surface area contributed by atoms with Crippen molar-refractivity contribution in [3.05, 3.63) is 0 Å². The minimum absolute atomic E-state index is 0.237. The lowest BCUT2D eigenvalue weighted by molar-refractivity contribution is -0.127. The van der Waals surface area contributed by atoms with Crippen LogP contribution in [0.1, 0.15) is 33.1 Å². The van der Waals surface area contributed by atoms with Crippen LogP contribution in [0.2, 0.25) is 0 Å². The molecule has 2 heteroatoms. The summed E-state index contributed by atoms with van der Waals surface area (Å²) in [5, 5.41) is 0. The van der Waals surface area contributed by atoms with E-state index in [-0.39, 0.29) is 12.0 Å². The van der Waals surface area contributed by atoms with Crippen molar-refractivity contribution in [3.8, 4) is 0 Å². The molecule has 0 bridgehead atoms. The highest BCUT2D eigenvalue weighted by Gasteiger charge is 2.28. The minimum Gasteiger partial charge on any atom is -0.381 e. The summed E-state index contributed by atoms with van der Waals surface area (Å²) in [5.41, 5.74) is 0. The maximum atomic E-state index is 11.4. The van der Waals surface area contributed by atoms with E-state index in [1.54, 1.807) is 7.11 Å². The summed E-state index contributed by atoms with van der Waals surface area (Å²) < 4.78 is 5.22. The number of ketones is 1. The zero-order valence-corrected chi connectivity index (χ0v) is 8.17. The summed E-state index contributed by atoms with van der Waals surface area (Å²) in [7, 11) is 1.72. The van der Waals surface area contributed by atoms with Gasteiger partial charge in [0.1, 0.15) is 5.78 Å². The molecule has 0 heterocycles. The van der Waals surface area contributed by atoms with Crippen LogP contribution < -0.4 is 0 Å². The van der Waals surface area contributed by atoms with Gasteiger partial charge < -0.3 is 4.74 Å². The molecule has 1 saturated carbocycles. The SMILES string of the molecule is CO[C@@H](C)[C@@H]1CC[C@@H](C)C(=O)C1. The molecular formula is C10H18O2. The number of methoxy groups -OCH3 is 1. The fourth-order valence-corrected chi connectivity index (χ4v) is 1.78. The molecule has 1 rings (SSSR count). The zero-order valence-electron chi connectivity index (χ0n) is 8.17. The van der Waals surface area contributed by atoms with Crippen LogP contribution in [-0.4, -0.2) is 19.0 Å². The minimum atomic E-state index is 0.237. The summed E-state index contributed by atoms with van der Waals surface area (Å²) in [5.74, 6) is 1.15. The number of Topliss-reactive ketones (excluding diaryl/α,β-unsaturated/α-hetero) is 1. The second kappa shape index (κ2) is 4.04. The molecule has 0 amide bonds. The topological polar surface area (TPSA) is 26.3 Å². The molecule has 0 aromatic rings. The Morgan fingerprint density at radius 2 is 2.17 bits per heavy atom. The fraction of sp³-hybridized carbons (Fsp3) is 0.900. The van der Waals surface area contributed by atoms with E-state index in [0.29, 0.717) is 11.7 Å². The molecule has 3 atom stereocenters. The van der Waals surface area contributed by atoms with Gasteiger partial charge in [-0.25, -0.2) is 0 Å². The number of ether oxygens (including phenoxy) is 1. The molecule has 1 aliphatic rings. The van der Waals surface area contributed by atoms with Crippen LogP contribution in [-0.2, 0) is 9.53 Å². The van der Waals surface area contributed by atoms with Crippen molar-refractivity contribution in [1.82, 2.24) is 0 Å². The van der Waals surface area contributed by atoms with E-state index >= 15 is 0 Å². The Kier molecular flexibility index (Phi) is 3.27. The van der Waals surface area contributed by atoms with Crippen molar-refractivity contribution in [2.45, 2.75) is 39.2 Å². The van der Waals surface area contributed by atoms with Crippen LogP contribution in [0.15, 0.2) is 0 Å². The first-order valence-corrected chi connectivity index (χ1v) is 4.70. The van der Waals surface area contributed by atoms with E-state index < -0.39 is 0 Å². The molecule has 0 aromatic heterocycles. The molecule has 0 spiro atoms. The first-order chi connectivity index (χ1) is 5.65. The van der Waals surface area contributed by atoms with E-state index in [4.69, 9.17) is 4.74 Å². The highest BCUT2D eigenvalue weighted by molar-refractivity contribution is 5.81. The number of rotatable bonds is 2. The molecule has 0 saturated heterocycles. The van der Waals surface area contributed by atoms with Gasteiger partial charge in [0.25, 0.3) is 0 Å². The molecule has 0 unspecified atom stereocenters. The Hall–Kier alpha value is -0.370. The van der Waals surface area contributed by atoms with Crippen molar-refractivity contribution in [2.75, 3.05) is 7.11 Å². The second-order valence-corrected chi connectivity index (χ2v) is 3.85. The first kappa shape index (κ1) is 9.72. The quantitative estimate of drug-likeness (QED) is 0.633. The predicted octanol–water partition coefficient (Wildman–Crippen LogP) is 2.03. The monoisotopic (exact) mass is 170 g/mol. The van der Waals surface area contributed by atoms with Gasteiger partial charge in [0.2, 0.25) is 0 Å². The van der Waals surface area contributed by atoms with E-state index in [1.807, 2.05) is 13.8 Å². The number of hydrogen-bond donors (Lipinski definition) is 0. The standard InChI is InChI=1S/C10H18O2/c1-7-4-5-9(6-10(7)11)8(2)12-3/h7-9H,4-6H2,1-3H3/t7-,8+,9-/m1/s1. The Bertz CT molecular complexity index is 165. The third-order valence-corrected chi connectivity index (χ3v) is 3.02. The van der Waals surface area contributed by atoms with Crippen LogP contribution in [0.5, 0.6) is 0 Å². The van der Waals surface area contributed by atoms with Gasteiger partial charge in [0.15, 0.2) is 0 Å². The molecule has 2 nitrogen and oxygen atoms in total. The zero-order chi connectivity index (χ0) is 9.14. The Labute approximate surface area is 74.3 Å². The van der Waals surface area contributed by atoms with Crippen molar-refractivity contribution < 1.29 is 9.53 Å². The molecular weight excluding hydrogens is 152 g/mol. The van der Waals surface area contributed by atoms with E-state index in [1.165, 1.54) is 0 Å². The van der Waals surface area contributed by atoms with Gasteiger partial charge in [-0.1, -0.05) is 6.92 Å². The molecule has 0 aromatic carbocycles. The van der Waals surface area contributed by atoms with Gasteiger partial charge in [0, 0.05) is 19.4 Å². The average Bonchev–Trinajstić information content (AvgIpc) is 2.08. The van der Waals surface area contributed by atoms with Crippen LogP contribution in [0, 0.1) is 11.8 Å². The molecule has 0 N–H and O–H groups in total. The van der Waals surface area contributed by atoms with Gasteiger partial charge in [0.05, 0.1) is 6.10 Å². The number of carbonyl (C=O) groups is 1. The van der Waals surface area contributed by atoms with Gasteiger partial charge in [-0.2, -0.15) is 0 Å². The molecule has 1 aliphatic carbocycles. The average molecular weight is 170 g/mol. The summed E-state index contributed by atoms with van der Waals surface area (Å²) >= 11 is 0. The summed E-state index contributed by atoms with van der Waals surface area (Å²) in [6.45, 7) is 4.07. The van der Waals surface area contributed by atoms with E-state index in [2.05, 4.69) is 0 Å². The lowest BCUT2D eigenvalue weighted by atomic mass is 9.80. The third kappa shape index (κ3) is 2.07. The van der Waals surface area contributed by atoms with Crippen LogP contribution in [0.4, 0.5) is 0 Å². The Balaban J connectivity index is 2.45. The molecule has 0 radical (unpaired) electrons. The number of carbonyl (C=O) groups excluding carboxylic acids is 1. The van der Waals surface area contributed by atoms with Crippen molar-refractivity contribution in [1.29, 1.82) is 0 Å². The molecule has 1 fully saturated rings. The van der Waals surface area contributed by atoms with Crippen LogP contribution in [0.3, 0.4) is 0 Å². The van der Waals surface area contributed by atoms with Crippen LogP contribution >= 0.6 is 0 Å². The highest BCUT2D eigenvalue weighted by atomic mass is 16.5. The number of hydrogen-bond acceptors (Lipinski definition) is 2. The lowest BCUT2D eigenvalue weighted by Gasteiger charge is -2.28. The predicted molar refractivity (Wildman–Crippen MR) is 48.0 cm³/mol. The first-order valence-electron chi connectivity index (χ1n) is 4.70. The van der Waals surface area contributed by atoms with E-state index in [9.17, 15) is 4.79 Å². The Morgan fingerprint density at radius 3 is 2.67 bits per heavy atom. The molecule has 12 heavy (non-hydrogen) atoms. The van der Waals surface area contributed by atoms with Gasteiger partial charge in [-0.15, -0.1) is 0 Å². The van der Waals surface area contributed by atoms with Gasteiger partial charge >= 0.3 is 0 Å². The Morgan fingerprint density at radius 1 is 1.50 bits per heavy atom. The van der Waals surface area contributed by atoms with Crippen molar-refractivity contribution >= 4 is 5.78 Å². The van der Waals surface area contributed by atoms with E-state index in [0.717, 1.165) is 19.3 Å². The second-order valence-electron chi connectivity index (χ2n) is 3.85. The molecule has 70 valence electrons. The van der Waals surface area contributed by atoms with Gasteiger partial charge in [-0.05, 0) is 25.7 Å². The van der Waals surface area contributed by atoms with Crippen LogP contribution in [0.25, 0.3) is 0 Å². The summed E-state index contributed by atoms with van der Waals surface area (Å²) in [4.78, 5) is 11.4. The molecule has 0 aliphatic heterocycles. The highest BCUT2D eigenvalue weighted by Crippen LogP contribution is 2.28. The summed E-state index contributed by atoms with van der Waals surface area (Å²) in [6.07, 6.45) is 3.14. The largest absolute Gasteiger partial charge is 0.381 e. The van der Waals surface area contributed by atoms with Crippen molar-refractivity contribution in [2.24, 2.45) is 11.8 Å². The maximum Gasteiger partial charge on any atom is 0.136 e. The maximum absolute atomic E-state index is 11.4. The third-order valence-electron chi connectivity index (χ3n) is 3.02. The van der Waals surface area contributed by atoms with Gasteiger partial charge in [-0.3, -0.25) is 4.79 Å². The normalized spacial score (nSPS) is 33.4. The van der Waals surface area contributed by atoms with Crippen molar-refractivity contribution in [3.63, 3.8) is 0 Å².